The highest BCUT2D eigenvalue weighted by atomic mass is 35.7. The molecule has 0 atom stereocenters. The Labute approximate surface area is 118 Å². The van der Waals surface area contributed by atoms with E-state index in [2.05, 4.69) is 10.2 Å². The molecule has 0 N–H and O–H groups in total. The summed E-state index contributed by atoms with van der Waals surface area (Å²) in [5.41, 5.74) is 0.187. The van der Waals surface area contributed by atoms with Crippen LogP contribution < -0.4 is 0 Å². The largest absolute Gasteiger partial charge is 0.301 e. The number of hydrogen-bond donors (Lipinski definition) is 0. The van der Waals surface area contributed by atoms with Crippen LogP contribution in [0.1, 0.15) is 18.3 Å². The fourth-order valence-electron chi connectivity index (χ4n) is 1.78. The molecule has 0 spiro atoms. The van der Waals surface area contributed by atoms with Crippen molar-refractivity contribution in [3.8, 4) is 0 Å². The van der Waals surface area contributed by atoms with Gasteiger partial charge in [0.25, 0.3) is 14.2 Å². The number of halogens is 3. The Morgan fingerprint density at radius 1 is 1.30 bits per heavy atom. The van der Waals surface area contributed by atoms with E-state index < -0.39 is 20.7 Å². The van der Waals surface area contributed by atoms with Gasteiger partial charge in [-0.3, -0.25) is 0 Å². The summed E-state index contributed by atoms with van der Waals surface area (Å²) in [6.07, 6.45) is -0.0145. The van der Waals surface area contributed by atoms with Crippen LogP contribution >= 0.6 is 10.7 Å². The zero-order valence-electron chi connectivity index (χ0n) is 10.3. The van der Waals surface area contributed by atoms with E-state index in [4.69, 9.17) is 10.7 Å². The molecule has 0 saturated carbocycles. The lowest BCUT2D eigenvalue weighted by atomic mass is 10.1. The second-order valence-electron chi connectivity index (χ2n) is 3.99. The molecule has 0 bridgehead atoms. The van der Waals surface area contributed by atoms with E-state index >= 15 is 0 Å². The highest BCUT2D eigenvalue weighted by Crippen LogP contribution is 2.18. The molecule has 0 aliphatic rings. The molecule has 0 fully saturated rings. The van der Waals surface area contributed by atoms with Crippen LogP contribution in [0.2, 0.25) is 0 Å². The number of rotatable bonds is 4. The second kappa shape index (κ2) is 5.45. The third kappa shape index (κ3) is 2.96. The highest BCUT2D eigenvalue weighted by Gasteiger charge is 2.22. The van der Waals surface area contributed by atoms with E-state index in [1.165, 1.54) is 10.6 Å². The molecule has 0 amide bonds. The van der Waals surface area contributed by atoms with Gasteiger partial charge in [0.05, 0.1) is 0 Å². The number of aromatic nitrogens is 3. The maximum absolute atomic E-state index is 13.6. The molecule has 1 aromatic carbocycles. The van der Waals surface area contributed by atoms with E-state index in [0.717, 1.165) is 12.1 Å². The number of benzene rings is 1. The summed E-state index contributed by atoms with van der Waals surface area (Å²) in [6, 6.07) is 3.14. The van der Waals surface area contributed by atoms with E-state index in [1.54, 1.807) is 6.92 Å². The van der Waals surface area contributed by atoms with Crippen LogP contribution in [0, 0.1) is 11.6 Å². The monoisotopic (exact) mass is 321 g/mol. The Hall–Kier alpha value is -1.54. The molecule has 20 heavy (non-hydrogen) atoms. The highest BCUT2D eigenvalue weighted by molar-refractivity contribution is 8.13. The average Bonchev–Trinajstić information content (AvgIpc) is 2.75. The van der Waals surface area contributed by atoms with Gasteiger partial charge < -0.3 is 4.57 Å². The van der Waals surface area contributed by atoms with Crippen LogP contribution in [0.5, 0.6) is 0 Å². The minimum Gasteiger partial charge on any atom is -0.301 e. The van der Waals surface area contributed by atoms with Crippen molar-refractivity contribution in [1.82, 2.24) is 14.8 Å². The van der Waals surface area contributed by atoms with Crippen LogP contribution in [0.15, 0.2) is 23.4 Å². The minimum absolute atomic E-state index is 0.0145. The van der Waals surface area contributed by atoms with Crippen LogP contribution in [0.4, 0.5) is 8.78 Å². The Morgan fingerprint density at radius 3 is 2.55 bits per heavy atom. The lowest BCUT2D eigenvalue weighted by molar-refractivity contribution is 0.566. The van der Waals surface area contributed by atoms with E-state index in [1.807, 2.05) is 0 Å². The quantitative estimate of drug-likeness (QED) is 0.809. The van der Waals surface area contributed by atoms with Crippen molar-refractivity contribution >= 4 is 19.7 Å². The second-order valence-corrected chi connectivity index (χ2v) is 6.45. The molecule has 1 aromatic heterocycles. The molecule has 1 heterocycles. The number of hydrogen-bond acceptors (Lipinski definition) is 4. The smallest absolute Gasteiger partial charge is 0.296 e. The van der Waals surface area contributed by atoms with Gasteiger partial charge in [-0.2, -0.15) is 0 Å². The molecule has 0 aliphatic carbocycles. The molecule has 0 aliphatic heterocycles. The predicted octanol–water partition coefficient (Wildman–Crippen LogP) is 2.09. The first-order chi connectivity index (χ1) is 9.32. The molecular formula is C11H10ClF2N3O2S. The normalized spacial score (nSPS) is 11.8. The van der Waals surface area contributed by atoms with Gasteiger partial charge in [-0.15, -0.1) is 10.2 Å². The minimum atomic E-state index is -4.03. The lowest BCUT2D eigenvalue weighted by Crippen LogP contribution is -2.09. The summed E-state index contributed by atoms with van der Waals surface area (Å²) in [5, 5.41) is 6.81. The van der Waals surface area contributed by atoms with Gasteiger partial charge >= 0.3 is 0 Å². The molecule has 5 nitrogen and oxygen atoms in total. The van der Waals surface area contributed by atoms with Crippen LogP contribution in [-0.4, -0.2) is 23.2 Å². The molecule has 2 aromatic rings. The van der Waals surface area contributed by atoms with Gasteiger partial charge in [-0.1, -0.05) is 6.07 Å². The Bertz CT molecular complexity index is 746. The van der Waals surface area contributed by atoms with Crippen LogP contribution in [0.25, 0.3) is 0 Å². The molecule has 0 saturated heterocycles. The summed E-state index contributed by atoms with van der Waals surface area (Å²) in [5.74, 6) is -1.18. The molecule has 9 heteroatoms. The average molecular weight is 322 g/mol. The van der Waals surface area contributed by atoms with Gasteiger partial charge in [0, 0.05) is 29.7 Å². The maximum atomic E-state index is 13.6. The standard InChI is InChI=1S/C11H10ClF2N3O2S/c1-2-17-10(15-16-11(17)20(12,18)19)5-7-3-4-8(13)6-9(7)14/h3-4,6H,2,5H2,1H3. The van der Waals surface area contributed by atoms with Crippen LogP contribution in [-0.2, 0) is 22.0 Å². The van der Waals surface area contributed by atoms with Gasteiger partial charge in [-0.05, 0) is 18.6 Å². The summed E-state index contributed by atoms with van der Waals surface area (Å²) in [7, 11) is 1.21. The zero-order chi connectivity index (χ0) is 14.9. The first kappa shape index (κ1) is 14.9. The van der Waals surface area contributed by atoms with Gasteiger partial charge in [0.1, 0.15) is 17.5 Å². The van der Waals surface area contributed by atoms with E-state index in [0.29, 0.717) is 0 Å². The summed E-state index contributed by atoms with van der Waals surface area (Å²) in [6.45, 7) is 1.94. The zero-order valence-corrected chi connectivity index (χ0v) is 11.9. The summed E-state index contributed by atoms with van der Waals surface area (Å²) >= 11 is 0. The Morgan fingerprint density at radius 2 is 2.00 bits per heavy atom. The van der Waals surface area contributed by atoms with Crippen molar-refractivity contribution in [2.75, 3.05) is 0 Å². The van der Waals surface area contributed by atoms with Crippen molar-refractivity contribution in [2.45, 2.75) is 25.0 Å². The third-order valence-corrected chi connectivity index (χ3v) is 3.84. The van der Waals surface area contributed by atoms with Gasteiger partial charge in [-0.25, -0.2) is 17.2 Å². The fourth-order valence-corrected chi connectivity index (χ4v) is 2.76. The third-order valence-electron chi connectivity index (χ3n) is 2.69. The maximum Gasteiger partial charge on any atom is 0.296 e. The topological polar surface area (TPSA) is 64.8 Å². The van der Waals surface area contributed by atoms with Gasteiger partial charge in [0.15, 0.2) is 0 Å². The fraction of sp³-hybridized carbons (Fsp3) is 0.273. The molecule has 0 radical (unpaired) electrons. The molecule has 2 rings (SSSR count). The first-order valence-electron chi connectivity index (χ1n) is 5.63. The van der Waals surface area contributed by atoms with Gasteiger partial charge in [0.2, 0.25) is 0 Å². The Balaban J connectivity index is 2.42. The SMILES string of the molecule is CCn1c(Cc2ccc(F)cc2F)nnc1S(=O)(=O)Cl. The lowest BCUT2D eigenvalue weighted by Gasteiger charge is -2.06. The van der Waals surface area contributed by atoms with E-state index in [9.17, 15) is 17.2 Å². The molecule has 0 unspecified atom stereocenters. The summed E-state index contributed by atoms with van der Waals surface area (Å²) < 4.78 is 50.3. The van der Waals surface area contributed by atoms with E-state index in [-0.39, 0.29) is 29.5 Å². The number of nitrogens with zero attached hydrogens (tertiary/aromatic N) is 3. The van der Waals surface area contributed by atoms with Crippen LogP contribution in [0.3, 0.4) is 0 Å². The summed E-state index contributed by atoms with van der Waals surface area (Å²) in [4.78, 5) is 0. The van der Waals surface area contributed by atoms with Crippen molar-refractivity contribution in [3.63, 3.8) is 0 Å². The van der Waals surface area contributed by atoms with Crippen molar-refractivity contribution in [3.05, 3.63) is 41.2 Å². The molecular weight excluding hydrogens is 312 g/mol. The predicted molar refractivity (Wildman–Crippen MR) is 67.9 cm³/mol. The Kier molecular flexibility index (Phi) is 4.05. The van der Waals surface area contributed by atoms with Crippen molar-refractivity contribution in [2.24, 2.45) is 0 Å². The van der Waals surface area contributed by atoms with Crippen molar-refractivity contribution in [1.29, 1.82) is 0 Å². The molecule has 108 valence electrons. The first-order valence-corrected chi connectivity index (χ1v) is 7.94. The van der Waals surface area contributed by atoms with Crippen molar-refractivity contribution < 1.29 is 17.2 Å².